The van der Waals surface area contributed by atoms with Crippen LogP contribution in [0.2, 0.25) is 0 Å². The van der Waals surface area contributed by atoms with Crippen molar-refractivity contribution in [3.8, 4) is 11.5 Å². The topological polar surface area (TPSA) is 105 Å². The van der Waals surface area contributed by atoms with Crippen molar-refractivity contribution in [2.24, 2.45) is 5.14 Å². The number of carbonyl (C=O) groups excluding carboxylic acids is 1. The largest absolute Gasteiger partial charge is 0.490 e. The van der Waals surface area contributed by atoms with Gasteiger partial charge in [-0.15, -0.1) is 0 Å². The molecule has 3 rings (SSSR count). The quantitative estimate of drug-likeness (QED) is 0.612. The molecule has 1 aliphatic heterocycles. The van der Waals surface area contributed by atoms with Crippen LogP contribution in [0.1, 0.15) is 5.56 Å². The summed E-state index contributed by atoms with van der Waals surface area (Å²) in [5, 5.41) is 5.02. The number of hydrogen-bond donors (Lipinski definition) is 1. The molecule has 1 aliphatic rings. The Kier molecular flexibility index (Phi) is 4.91. The lowest BCUT2D eigenvalue weighted by atomic mass is 10.1. The molecule has 0 spiro atoms. The third-order valence-electron chi connectivity index (χ3n) is 3.66. The lowest BCUT2D eigenvalue weighted by Gasteiger charge is -2.11. The third-order valence-corrected chi connectivity index (χ3v) is 4.59. The highest BCUT2D eigenvalue weighted by molar-refractivity contribution is 7.89. The second-order valence-corrected chi connectivity index (χ2v) is 7.01. The molecule has 0 bridgehead atoms. The van der Waals surface area contributed by atoms with Gasteiger partial charge in [0, 0.05) is 6.42 Å². The molecule has 1 heterocycles. The molecular weight excluding hydrogens is 346 g/mol. The first-order valence-corrected chi connectivity index (χ1v) is 9.15. The highest BCUT2D eigenvalue weighted by atomic mass is 32.2. The molecule has 8 heteroatoms. The van der Waals surface area contributed by atoms with Gasteiger partial charge in [-0.2, -0.15) is 0 Å². The molecule has 0 saturated carbocycles. The van der Waals surface area contributed by atoms with E-state index in [-0.39, 0.29) is 18.1 Å². The molecule has 2 aromatic rings. The Balaban J connectivity index is 1.42. The Morgan fingerprint density at radius 1 is 1.12 bits per heavy atom. The number of fused-ring (bicyclic) bond motifs is 1. The van der Waals surface area contributed by atoms with E-state index < -0.39 is 22.1 Å². The molecule has 1 atom stereocenters. The summed E-state index contributed by atoms with van der Waals surface area (Å²) in [6, 6.07) is 13.1. The second-order valence-electron chi connectivity index (χ2n) is 5.45. The van der Waals surface area contributed by atoms with E-state index in [1.165, 1.54) is 24.3 Å². The minimum Gasteiger partial charge on any atom is -0.490 e. The van der Waals surface area contributed by atoms with Crippen molar-refractivity contribution in [3.05, 3.63) is 54.1 Å². The van der Waals surface area contributed by atoms with Crippen molar-refractivity contribution in [1.82, 2.24) is 0 Å². The summed E-state index contributed by atoms with van der Waals surface area (Å²) in [5.74, 6) is 0.716. The van der Waals surface area contributed by atoms with Crippen LogP contribution in [-0.2, 0) is 26.0 Å². The van der Waals surface area contributed by atoms with Gasteiger partial charge in [0.1, 0.15) is 24.7 Å². The highest BCUT2D eigenvalue weighted by Gasteiger charge is 2.29. The van der Waals surface area contributed by atoms with Gasteiger partial charge < -0.3 is 14.2 Å². The average molecular weight is 363 g/mol. The van der Waals surface area contributed by atoms with Crippen molar-refractivity contribution < 1.29 is 27.4 Å². The van der Waals surface area contributed by atoms with Crippen LogP contribution in [0.3, 0.4) is 0 Å². The zero-order chi connectivity index (χ0) is 17.9. The number of rotatable bonds is 6. The Labute approximate surface area is 145 Å². The Morgan fingerprint density at radius 2 is 1.84 bits per heavy atom. The summed E-state index contributed by atoms with van der Waals surface area (Å²) in [7, 11) is -3.73. The molecule has 0 amide bonds. The van der Waals surface area contributed by atoms with Crippen LogP contribution in [0, 0.1) is 0 Å². The van der Waals surface area contributed by atoms with Gasteiger partial charge in [0.25, 0.3) is 0 Å². The number of carbonyl (C=O) groups is 1. The molecule has 0 radical (unpaired) electrons. The van der Waals surface area contributed by atoms with Gasteiger partial charge in [-0.1, -0.05) is 18.2 Å². The highest BCUT2D eigenvalue weighted by Crippen LogP contribution is 2.28. The summed E-state index contributed by atoms with van der Waals surface area (Å²) >= 11 is 0. The van der Waals surface area contributed by atoms with E-state index in [0.29, 0.717) is 17.9 Å². The van der Waals surface area contributed by atoms with E-state index >= 15 is 0 Å². The maximum Gasteiger partial charge on any atom is 0.347 e. The van der Waals surface area contributed by atoms with Crippen molar-refractivity contribution in [2.45, 2.75) is 17.4 Å². The first kappa shape index (κ1) is 17.2. The smallest absolute Gasteiger partial charge is 0.347 e. The van der Waals surface area contributed by atoms with Gasteiger partial charge in [-0.3, -0.25) is 0 Å². The number of ether oxygens (including phenoxy) is 3. The molecule has 0 unspecified atom stereocenters. The zero-order valence-electron chi connectivity index (χ0n) is 13.3. The molecule has 0 fully saturated rings. The predicted octanol–water partition coefficient (Wildman–Crippen LogP) is 1.26. The van der Waals surface area contributed by atoms with E-state index in [1.54, 1.807) is 0 Å². The Bertz CT molecular complexity index is 838. The number of para-hydroxylation sites is 1. The standard InChI is InChI=1S/C17H17NO6S/c18-25(20,21)14-7-5-13(6-8-14)22-9-10-23-17(19)16-11-12-3-1-2-4-15(12)24-16/h1-8,16H,9-11H2,(H2,18,20,21)/t16-/m1/s1. The minimum atomic E-state index is -3.73. The van der Waals surface area contributed by atoms with Gasteiger partial charge in [0.2, 0.25) is 10.0 Å². The summed E-state index contributed by atoms with van der Waals surface area (Å²) < 4.78 is 38.4. The monoisotopic (exact) mass is 363 g/mol. The first-order chi connectivity index (χ1) is 11.9. The zero-order valence-corrected chi connectivity index (χ0v) is 14.1. The molecule has 7 nitrogen and oxygen atoms in total. The number of primary sulfonamides is 1. The number of nitrogens with two attached hydrogens (primary N) is 1. The maximum atomic E-state index is 12.0. The summed E-state index contributed by atoms with van der Waals surface area (Å²) in [6.07, 6.45) is -0.142. The van der Waals surface area contributed by atoms with Crippen LogP contribution in [0.5, 0.6) is 11.5 Å². The van der Waals surface area contributed by atoms with E-state index in [0.717, 1.165) is 5.56 Å². The molecule has 25 heavy (non-hydrogen) atoms. The van der Waals surface area contributed by atoms with Gasteiger partial charge in [-0.25, -0.2) is 18.4 Å². The third kappa shape index (κ3) is 4.28. The summed E-state index contributed by atoms with van der Waals surface area (Å²) in [6.45, 7) is 0.201. The fraction of sp³-hybridized carbons (Fsp3) is 0.235. The van der Waals surface area contributed by atoms with Gasteiger partial charge in [0.05, 0.1) is 4.90 Å². The van der Waals surface area contributed by atoms with Gasteiger partial charge >= 0.3 is 5.97 Å². The maximum absolute atomic E-state index is 12.0. The van der Waals surface area contributed by atoms with Crippen LogP contribution < -0.4 is 14.6 Å². The Hall–Kier alpha value is -2.58. The van der Waals surface area contributed by atoms with Crippen LogP contribution in [0.25, 0.3) is 0 Å². The van der Waals surface area contributed by atoms with Crippen LogP contribution in [-0.4, -0.2) is 33.7 Å². The summed E-state index contributed by atoms with van der Waals surface area (Å²) in [4.78, 5) is 12.0. The molecule has 2 N–H and O–H groups in total. The predicted molar refractivity (Wildman–Crippen MR) is 88.8 cm³/mol. The van der Waals surface area contributed by atoms with E-state index in [9.17, 15) is 13.2 Å². The van der Waals surface area contributed by atoms with Gasteiger partial charge in [-0.05, 0) is 35.9 Å². The van der Waals surface area contributed by atoms with Crippen molar-refractivity contribution >= 4 is 16.0 Å². The van der Waals surface area contributed by atoms with E-state index in [2.05, 4.69) is 0 Å². The van der Waals surface area contributed by atoms with E-state index in [4.69, 9.17) is 19.3 Å². The van der Waals surface area contributed by atoms with Crippen molar-refractivity contribution in [2.75, 3.05) is 13.2 Å². The molecule has 0 aliphatic carbocycles. The van der Waals surface area contributed by atoms with E-state index in [1.807, 2.05) is 24.3 Å². The van der Waals surface area contributed by atoms with Crippen LogP contribution >= 0.6 is 0 Å². The lowest BCUT2D eigenvalue weighted by Crippen LogP contribution is -2.28. The van der Waals surface area contributed by atoms with Crippen molar-refractivity contribution in [1.29, 1.82) is 0 Å². The Morgan fingerprint density at radius 3 is 2.52 bits per heavy atom. The fourth-order valence-corrected chi connectivity index (χ4v) is 2.95. The minimum absolute atomic E-state index is 0.00391. The van der Waals surface area contributed by atoms with Crippen LogP contribution in [0.15, 0.2) is 53.4 Å². The molecule has 132 valence electrons. The second kappa shape index (κ2) is 7.12. The molecule has 0 aromatic heterocycles. The number of esters is 1. The molecule has 2 aromatic carbocycles. The van der Waals surface area contributed by atoms with Crippen LogP contribution in [0.4, 0.5) is 0 Å². The van der Waals surface area contributed by atoms with Crippen molar-refractivity contribution in [3.63, 3.8) is 0 Å². The summed E-state index contributed by atoms with van der Waals surface area (Å²) in [5.41, 5.74) is 0.982. The number of benzene rings is 2. The fourth-order valence-electron chi connectivity index (χ4n) is 2.43. The van der Waals surface area contributed by atoms with Gasteiger partial charge in [0.15, 0.2) is 6.10 Å². The first-order valence-electron chi connectivity index (χ1n) is 7.60. The molecule has 0 saturated heterocycles. The normalized spacial score (nSPS) is 16.0. The number of hydrogen-bond acceptors (Lipinski definition) is 6. The lowest BCUT2D eigenvalue weighted by molar-refractivity contribution is -0.151. The molecular formula is C17H17NO6S. The SMILES string of the molecule is NS(=O)(=O)c1ccc(OCCOC(=O)[C@H]2Cc3ccccc3O2)cc1. The average Bonchev–Trinajstić information content (AvgIpc) is 3.02. The number of sulfonamides is 1.